The van der Waals surface area contributed by atoms with Gasteiger partial charge >= 0.3 is 0 Å². The zero-order chi connectivity index (χ0) is 15.2. The third-order valence-electron chi connectivity index (χ3n) is 3.53. The predicted molar refractivity (Wildman–Crippen MR) is 87.7 cm³/mol. The molecule has 0 unspecified atom stereocenters. The van der Waals surface area contributed by atoms with Crippen molar-refractivity contribution < 1.29 is 8.42 Å². The first-order valence-electron chi connectivity index (χ1n) is 6.41. The smallest absolute Gasteiger partial charge is 0.211 e. The van der Waals surface area contributed by atoms with Crippen LogP contribution in [0.25, 0.3) is 10.2 Å². The average molecular weight is 347 g/mol. The summed E-state index contributed by atoms with van der Waals surface area (Å²) >= 11 is 7.74. The number of hydrogen-bond acceptors (Lipinski definition) is 6. The summed E-state index contributed by atoms with van der Waals surface area (Å²) in [5.41, 5.74) is 7.41. The molecule has 0 amide bonds. The van der Waals surface area contributed by atoms with E-state index < -0.39 is 10.0 Å². The van der Waals surface area contributed by atoms with Crippen molar-refractivity contribution in [1.29, 1.82) is 0 Å². The van der Waals surface area contributed by atoms with E-state index in [9.17, 15) is 8.42 Å². The van der Waals surface area contributed by atoms with Gasteiger partial charge in [0.1, 0.15) is 5.52 Å². The van der Waals surface area contributed by atoms with Crippen LogP contribution in [0.2, 0.25) is 5.02 Å². The number of nitrogens with two attached hydrogens (primary N) is 1. The number of benzene rings is 1. The third kappa shape index (κ3) is 2.80. The number of hydrogen-bond donors (Lipinski definition) is 1. The number of nitrogens with zero attached hydrogens (tertiary/aromatic N) is 3. The minimum atomic E-state index is -3.14. The second kappa shape index (κ2) is 5.28. The van der Waals surface area contributed by atoms with Crippen LogP contribution in [0.3, 0.4) is 0 Å². The number of anilines is 2. The molecular weight excluding hydrogens is 332 g/mol. The molecule has 0 bridgehead atoms. The number of thiazole rings is 1. The minimum absolute atomic E-state index is 0.450. The molecule has 6 nitrogen and oxygen atoms in total. The van der Waals surface area contributed by atoms with E-state index in [1.807, 2.05) is 12.1 Å². The quantitative estimate of drug-likeness (QED) is 0.893. The van der Waals surface area contributed by atoms with Crippen LogP contribution in [-0.2, 0) is 10.0 Å². The molecule has 114 valence electrons. The molecule has 2 heterocycles. The van der Waals surface area contributed by atoms with Crippen molar-refractivity contribution in [2.45, 2.75) is 0 Å². The van der Waals surface area contributed by atoms with E-state index in [-0.39, 0.29) is 0 Å². The highest BCUT2D eigenvalue weighted by Gasteiger charge is 2.26. The van der Waals surface area contributed by atoms with Gasteiger partial charge < -0.3 is 10.6 Å². The summed E-state index contributed by atoms with van der Waals surface area (Å²) < 4.78 is 25.6. The van der Waals surface area contributed by atoms with Crippen molar-refractivity contribution in [3.8, 4) is 0 Å². The van der Waals surface area contributed by atoms with Gasteiger partial charge in [0.25, 0.3) is 0 Å². The van der Waals surface area contributed by atoms with E-state index in [1.54, 1.807) is 0 Å². The molecule has 1 aromatic carbocycles. The molecule has 0 radical (unpaired) electrons. The molecule has 9 heteroatoms. The Balaban J connectivity index is 1.94. The van der Waals surface area contributed by atoms with Crippen LogP contribution in [0.4, 0.5) is 10.8 Å². The first-order chi connectivity index (χ1) is 9.86. The summed E-state index contributed by atoms with van der Waals surface area (Å²) in [5.74, 6) is 0. The molecule has 1 aromatic heterocycles. The van der Waals surface area contributed by atoms with Crippen LogP contribution >= 0.6 is 22.9 Å². The van der Waals surface area contributed by atoms with Crippen LogP contribution in [0.15, 0.2) is 12.1 Å². The van der Waals surface area contributed by atoms with E-state index >= 15 is 0 Å². The van der Waals surface area contributed by atoms with Gasteiger partial charge in [-0.3, -0.25) is 0 Å². The monoisotopic (exact) mass is 346 g/mol. The molecule has 0 aliphatic carbocycles. The van der Waals surface area contributed by atoms with E-state index in [0.717, 1.165) is 15.9 Å². The number of aromatic nitrogens is 1. The van der Waals surface area contributed by atoms with Crippen molar-refractivity contribution in [3.05, 3.63) is 17.2 Å². The Kier molecular flexibility index (Phi) is 3.73. The molecular formula is C12H15ClN4O2S2. The number of halogens is 1. The van der Waals surface area contributed by atoms with Gasteiger partial charge in [0.15, 0.2) is 5.13 Å². The van der Waals surface area contributed by atoms with Crippen molar-refractivity contribution in [3.63, 3.8) is 0 Å². The van der Waals surface area contributed by atoms with Crippen molar-refractivity contribution in [2.75, 3.05) is 43.1 Å². The van der Waals surface area contributed by atoms with Crippen LogP contribution < -0.4 is 10.6 Å². The molecule has 1 aliphatic heterocycles. The van der Waals surface area contributed by atoms with E-state index in [0.29, 0.717) is 36.3 Å². The Morgan fingerprint density at radius 1 is 1.29 bits per heavy atom. The number of piperazine rings is 1. The van der Waals surface area contributed by atoms with Gasteiger partial charge in [-0.2, -0.15) is 4.31 Å². The molecule has 21 heavy (non-hydrogen) atoms. The lowest BCUT2D eigenvalue weighted by atomic mass is 10.2. The van der Waals surface area contributed by atoms with Gasteiger partial charge in [0.2, 0.25) is 10.0 Å². The SMILES string of the molecule is CS(=O)(=O)N1CCN(c2c(Cl)ccc3sc(N)nc23)CC1. The van der Waals surface area contributed by atoms with Gasteiger partial charge in [-0.05, 0) is 12.1 Å². The zero-order valence-corrected chi connectivity index (χ0v) is 13.8. The standard InChI is InChI=1S/C12H15ClN4O2S2/c1-21(18,19)17-6-4-16(5-7-17)11-8(13)2-3-9-10(11)15-12(14)20-9/h2-3H,4-7H2,1H3,(H2,14,15). The fourth-order valence-electron chi connectivity index (χ4n) is 2.52. The number of nitrogen functional groups attached to an aromatic ring is 1. The molecule has 1 aliphatic rings. The van der Waals surface area contributed by atoms with E-state index in [4.69, 9.17) is 17.3 Å². The Bertz CT molecular complexity index is 782. The van der Waals surface area contributed by atoms with Gasteiger partial charge in [-0.25, -0.2) is 13.4 Å². The van der Waals surface area contributed by atoms with E-state index in [1.165, 1.54) is 21.9 Å². The number of rotatable bonds is 2. The topological polar surface area (TPSA) is 79.5 Å². The lowest BCUT2D eigenvalue weighted by molar-refractivity contribution is 0.388. The molecule has 1 saturated heterocycles. The number of sulfonamides is 1. The maximum Gasteiger partial charge on any atom is 0.211 e. The molecule has 1 fully saturated rings. The Hall–Kier alpha value is -1.09. The Morgan fingerprint density at radius 2 is 1.95 bits per heavy atom. The largest absolute Gasteiger partial charge is 0.375 e. The maximum atomic E-state index is 11.6. The van der Waals surface area contributed by atoms with Crippen molar-refractivity contribution >= 4 is 54.0 Å². The highest BCUT2D eigenvalue weighted by molar-refractivity contribution is 7.88. The highest BCUT2D eigenvalue weighted by Crippen LogP contribution is 2.37. The normalized spacial score (nSPS) is 17.5. The van der Waals surface area contributed by atoms with Gasteiger partial charge in [0, 0.05) is 26.2 Å². The summed E-state index contributed by atoms with van der Waals surface area (Å²) in [6.07, 6.45) is 1.23. The fourth-order valence-corrected chi connectivity index (χ4v) is 4.35. The fraction of sp³-hybridized carbons (Fsp3) is 0.417. The van der Waals surface area contributed by atoms with Crippen LogP contribution in [0.1, 0.15) is 0 Å². The summed E-state index contributed by atoms with van der Waals surface area (Å²) in [7, 11) is -3.14. The minimum Gasteiger partial charge on any atom is -0.375 e. The lowest BCUT2D eigenvalue weighted by Gasteiger charge is -2.35. The van der Waals surface area contributed by atoms with Gasteiger partial charge in [-0.15, -0.1) is 0 Å². The summed E-state index contributed by atoms with van der Waals surface area (Å²) in [4.78, 5) is 6.43. The van der Waals surface area contributed by atoms with Crippen LogP contribution in [0, 0.1) is 0 Å². The Morgan fingerprint density at radius 3 is 2.57 bits per heavy atom. The summed E-state index contributed by atoms with van der Waals surface area (Å²) in [5, 5.41) is 1.11. The first-order valence-corrected chi connectivity index (χ1v) is 9.45. The second-order valence-electron chi connectivity index (χ2n) is 4.94. The van der Waals surface area contributed by atoms with Crippen molar-refractivity contribution in [1.82, 2.24) is 9.29 Å². The zero-order valence-electron chi connectivity index (χ0n) is 11.4. The third-order valence-corrected chi connectivity index (χ3v) is 5.98. The number of fused-ring (bicyclic) bond motifs is 1. The Labute approximate surface area is 132 Å². The van der Waals surface area contributed by atoms with E-state index in [2.05, 4.69) is 9.88 Å². The maximum absolute atomic E-state index is 11.6. The van der Waals surface area contributed by atoms with Gasteiger partial charge in [-0.1, -0.05) is 22.9 Å². The van der Waals surface area contributed by atoms with Gasteiger partial charge in [0.05, 0.1) is 21.7 Å². The molecule has 0 atom stereocenters. The van der Waals surface area contributed by atoms with Crippen LogP contribution in [0.5, 0.6) is 0 Å². The average Bonchev–Trinajstić information content (AvgIpc) is 2.78. The second-order valence-corrected chi connectivity index (χ2v) is 8.40. The molecule has 3 rings (SSSR count). The predicted octanol–water partition coefficient (Wildman–Crippen LogP) is 1.61. The van der Waals surface area contributed by atoms with Crippen LogP contribution in [-0.4, -0.2) is 50.1 Å². The summed E-state index contributed by atoms with van der Waals surface area (Å²) in [6.45, 7) is 2.07. The van der Waals surface area contributed by atoms with Crippen molar-refractivity contribution in [2.24, 2.45) is 0 Å². The molecule has 2 N–H and O–H groups in total. The summed E-state index contributed by atoms with van der Waals surface area (Å²) in [6, 6.07) is 3.74. The first kappa shape index (κ1) is 14.8. The molecule has 2 aromatic rings. The highest BCUT2D eigenvalue weighted by atomic mass is 35.5. The molecule has 0 spiro atoms. The molecule has 0 saturated carbocycles. The lowest BCUT2D eigenvalue weighted by Crippen LogP contribution is -2.48.